The maximum absolute atomic E-state index is 15.2. The Kier molecular flexibility index (Phi) is 7.51. The first-order chi connectivity index (χ1) is 19.2. The Morgan fingerprint density at radius 3 is 2.17 bits per heavy atom. The van der Waals surface area contributed by atoms with Gasteiger partial charge in [-0.05, 0) is 37.1 Å². The molecule has 2 amide bonds. The lowest BCUT2D eigenvalue weighted by atomic mass is 9.92. The Hall–Kier alpha value is -4.35. The summed E-state index contributed by atoms with van der Waals surface area (Å²) >= 11 is 0. The summed E-state index contributed by atoms with van der Waals surface area (Å²) in [6.45, 7) is -3.22. The van der Waals surface area contributed by atoms with Crippen LogP contribution in [0.15, 0.2) is 48.5 Å². The maximum Gasteiger partial charge on any atom is 0.387 e. The molecule has 0 spiro atoms. The number of carbonyl (C=O) groups is 2. The van der Waals surface area contributed by atoms with E-state index in [9.17, 15) is 18.4 Å². The van der Waals surface area contributed by atoms with Crippen LogP contribution in [0.4, 0.5) is 23.4 Å². The first-order valence-electron chi connectivity index (χ1n) is 12.4. The number of nitrogens with zero attached hydrogens (tertiary/aromatic N) is 2. The number of aromatic nitrogens is 1. The van der Waals surface area contributed by atoms with Crippen molar-refractivity contribution in [2.75, 3.05) is 25.7 Å². The lowest BCUT2D eigenvalue weighted by molar-refractivity contribution is -0.118. The minimum Gasteiger partial charge on any atom is -0.497 e. The normalized spacial score (nSPS) is 18.7. The van der Waals surface area contributed by atoms with Crippen LogP contribution in [0.1, 0.15) is 46.3 Å². The molecule has 1 N–H and O–H groups in total. The number of benzene rings is 2. The van der Waals surface area contributed by atoms with E-state index in [2.05, 4.69) is 15.0 Å². The Labute approximate surface area is 226 Å². The first-order valence-corrected chi connectivity index (χ1v) is 12.4. The zero-order valence-corrected chi connectivity index (χ0v) is 21.5. The number of anilines is 1. The molecule has 2 aliphatic rings. The number of carbonyl (C=O) groups excluding carboxylic acids is 2. The number of halogens is 4. The Morgan fingerprint density at radius 2 is 1.60 bits per heavy atom. The molecule has 1 aliphatic carbocycles. The number of methoxy groups -OCH3 is 2. The molecule has 0 bridgehead atoms. The Morgan fingerprint density at radius 1 is 0.975 bits per heavy atom. The number of hydrogen-bond donors (Lipinski definition) is 1. The summed E-state index contributed by atoms with van der Waals surface area (Å²) in [5.41, 5.74) is 0.366. The number of ether oxygens (including phenoxy) is 3. The molecule has 2 aromatic carbocycles. The molecule has 8 nitrogen and oxygen atoms in total. The van der Waals surface area contributed by atoms with Gasteiger partial charge in [0.05, 0.1) is 14.2 Å². The summed E-state index contributed by atoms with van der Waals surface area (Å²) in [6.07, 6.45) is 1.89. The molecule has 3 aromatic rings. The standard InChI is InChI=1S/C28H25F4N3O5/c1-38-17-9-20(29)24(21(30)10-17)19-13-35(23-12-18(39-2)11-22(33-23)14-3-4-14)27(37)25(19)34-26(36)15-5-7-16(8-6-15)40-28(31)32/h5-12,14,19,25,28H,3-4,13H2,1-2H3,(H,34,36)/t19-,25-/m0/s1. The van der Waals surface area contributed by atoms with Gasteiger partial charge in [0.2, 0.25) is 0 Å². The van der Waals surface area contributed by atoms with Crippen LogP contribution < -0.4 is 24.4 Å². The van der Waals surface area contributed by atoms with Crippen LogP contribution in [0.25, 0.3) is 0 Å². The van der Waals surface area contributed by atoms with Crippen molar-refractivity contribution in [3.63, 3.8) is 0 Å². The van der Waals surface area contributed by atoms with E-state index in [1.54, 1.807) is 12.1 Å². The highest BCUT2D eigenvalue weighted by Crippen LogP contribution is 2.42. The lowest BCUT2D eigenvalue weighted by Gasteiger charge is -2.20. The van der Waals surface area contributed by atoms with Gasteiger partial charge in [-0.1, -0.05) is 0 Å². The largest absolute Gasteiger partial charge is 0.497 e. The molecule has 2 heterocycles. The summed E-state index contributed by atoms with van der Waals surface area (Å²) in [4.78, 5) is 32.7. The summed E-state index contributed by atoms with van der Waals surface area (Å²) in [5.74, 6) is -3.68. The molecule has 0 radical (unpaired) electrons. The maximum atomic E-state index is 15.2. The third-order valence-corrected chi connectivity index (χ3v) is 6.91. The Bertz CT molecular complexity index is 1410. The van der Waals surface area contributed by atoms with Gasteiger partial charge in [0.15, 0.2) is 0 Å². The zero-order valence-electron chi connectivity index (χ0n) is 21.5. The van der Waals surface area contributed by atoms with Crippen molar-refractivity contribution in [1.82, 2.24) is 10.3 Å². The van der Waals surface area contributed by atoms with Crippen molar-refractivity contribution in [3.8, 4) is 17.2 Å². The van der Waals surface area contributed by atoms with Gasteiger partial charge in [-0.2, -0.15) is 8.78 Å². The van der Waals surface area contributed by atoms with Crippen molar-refractivity contribution in [2.45, 2.75) is 37.3 Å². The zero-order chi connectivity index (χ0) is 28.6. The highest BCUT2D eigenvalue weighted by molar-refractivity contribution is 6.04. The second kappa shape index (κ2) is 11.0. The van der Waals surface area contributed by atoms with Crippen molar-refractivity contribution in [3.05, 3.63) is 77.0 Å². The molecule has 1 aliphatic heterocycles. The molecular formula is C28H25F4N3O5. The van der Waals surface area contributed by atoms with E-state index in [1.807, 2.05) is 0 Å². The van der Waals surface area contributed by atoms with Crippen molar-refractivity contribution < 1.29 is 41.4 Å². The molecule has 2 fully saturated rings. The highest BCUT2D eigenvalue weighted by Gasteiger charge is 2.46. The van der Waals surface area contributed by atoms with Gasteiger partial charge in [-0.3, -0.25) is 14.5 Å². The van der Waals surface area contributed by atoms with Gasteiger partial charge in [-0.15, -0.1) is 0 Å². The van der Waals surface area contributed by atoms with Crippen LogP contribution in [0.5, 0.6) is 17.2 Å². The lowest BCUT2D eigenvalue weighted by Crippen LogP contribution is -2.44. The number of rotatable bonds is 9. The minimum atomic E-state index is -3.04. The summed E-state index contributed by atoms with van der Waals surface area (Å²) in [6, 6.07) is 8.77. The van der Waals surface area contributed by atoms with Gasteiger partial charge < -0.3 is 19.5 Å². The van der Waals surface area contributed by atoms with Crippen LogP contribution >= 0.6 is 0 Å². The highest BCUT2D eigenvalue weighted by atomic mass is 19.3. The van der Waals surface area contributed by atoms with Crippen LogP contribution in [0.3, 0.4) is 0 Å². The van der Waals surface area contributed by atoms with E-state index in [-0.39, 0.29) is 35.3 Å². The van der Waals surface area contributed by atoms with Gasteiger partial charge in [0, 0.05) is 59.5 Å². The second-order valence-electron chi connectivity index (χ2n) is 9.48. The predicted octanol–water partition coefficient (Wildman–Crippen LogP) is 4.78. The summed E-state index contributed by atoms with van der Waals surface area (Å²) in [7, 11) is 2.74. The van der Waals surface area contributed by atoms with Crippen molar-refractivity contribution in [1.29, 1.82) is 0 Å². The van der Waals surface area contributed by atoms with E-state index in [0.29, 0.717) is 5.75 Å². The molecule has 210 valence electrons. The molecule has 1 saturated carbocycles. The quantitative estimate of drug-likeness (QED) is 0.380. The SMILES string of the molecule is COc1cc(C2CC2)nc(N2C[C@@H](c3c(F)cc(OC)cc3F)[C@H](NC(=O)c3ccc(OC(F)F)cc3)C2=O)c1. The van der Waals surface area contributed by atoms with Crippen LogP contribution in [0, 0.1) is 11.6 Å². The first kappa shape index (κ1) is 27.2. The second-order valence-corrected chi connectivity index (χ2v) is 9.48. The average Bonchev–Trinajstić information content (AvgIpc) is 3.74. The van der Waals surface area contributed by atoms with Gasteiger partial charge in [0.25, 0.3) is 11.8 Å². The Balaban J connectivity index is 1.50. The molecular weight excluding hydrogens is 534 g/mol. The molecule has 0 unspecified atom stereocenters. The minimum absolute atomic E-state index is 0.0258. The molecule has 1 aromatic heterocycles. The average molecular weight is 560 g/mol. The van der Waals surface area contributed by atoms with Crippen molar-refractivity contribution in [2.24, 2.45) is 0 Å². The number of alkyl halides is 2. The monoisotopic (exact) mass is 559 g/mol. The van der Waals surface area contributed by atoms with Crippen LogP contribution in [0.2, 0.25) is 0 Å². The molecule has 2 atom stereocenters. The van der Waals surface area contributed by atoms with Gasteiger partial charge in [-0.25, -0.2) is 13.8 Å². The predicted molar refractivity (Wildman–Crippen MR) is 135 cm³/mol. The van der Waals surface area contributed by atoms with E-state index in [0.717, 1.165) is 30.7 Å². The fourth-order valence-corrected chi connectivity index (χ4v) is 4.76. The van der Waals surface area contributed by atoms with E-state index in [4.69, 9.17) is 9.47 Å². The topological polar surface area (TPSA) is 90.0 Å². The summed E-state index contributed by atoms with van der Waals surface area (Å²) < 4.78 is 70.0. The summed E-state index contributed by atoms with van der Waals surface area (Å²) in [5, 5.41) is 2.57. The fourth-order valence-electron chi connectivity index (χ4n) is 4.76. The van der Waals surface area contributed by atoms with Crippen LogP contribution in [-0.4, -0.2) is 50.2 Å². The molecule has 5 rings (SSSR count). The number of hydrogen-bond acceptors (Lipinski definition) is 6. The van der Waals surface area contributed by atoms with Crippen LogP contribution in [-0.2, 0) is 4.79 Å². The molecule has 1 saturated heterocycles. The molecule has 12 heteroatoms. The third kappa shape index (κ3) is 5.51. The smallest absolute Gasteiger partial charge is 0.387 e. The van der Waals surface area contributed by atoms with E-state index >= 15 is 8.78 Å². The number of pyridine rings is 1. The van der Waals surface area contributed by atoms with Gasteiger partial charge in [0.1, 0.15) is 40.7 Å². The number of amides is 2. The fraction of sp³-hybridized carbons (Fsp3) is 0.321. The van der Waals surface area contributed by atoms with E-state index < -0.39 is 47.6 Å². The van der Waals surface area contributed by atoms with E-state index in [1.165, 1.54) is 43.4 Å². The third-order valence-electron chi connectivity index (χ3n) is 6.91. The van der Waals surface area contributed by atoms with Crippen molar-refractivity contribution >= 4 is 17.6 Å². The number of nitrogens with one attached hydrogen (secondary N) is 1. The molecule has 40 heavy (non-hydrogen) atoms. The van der Waals surface area contributed by atoms with Gasteiger partial charge >= 0.3 is 6.61 Å².